The van der Waals surface area contributed by atoms with E-state index in [2.05, 4.69) is 22.3 Å². The molecule has 1 aromatic carbocycles. The van der Waals surface area contributed by atoms with Gasteiger partial charge in [0, 0.05) is 26.2 Å². The highest BCUT2D eigenvalue weighted by Crippen LogP contribution is 2.32. The van der Waals surface area contributed by atoms with Gasteiger partial charge >= 0.3 is 0 Å². The van der Waals surface area contributed by atoms with Crippen molar-refractivity contribution in [2.24, 2.45) is 11.8 Å². The second-order valence-corrected chi connectivity index (χ2v) is 6.38. The summed E-state index contributed by atoms with van der Waals surface area (Å²) in [5.41, 5.74) is 0.683. The fourth-order valence-corrected chi connectivity index (χ4v) is 3.39. The first-order valence-corrected chi connectivity index (χ1v) is 7.14. The standard InChI is InChI=1S/C16H22N2O/c1-16(2,14-6-4-3-5-7-14)15(19)18-10-12-8-17-9-13(12)11-18/h3-7,12-13,17H,8-11H2,1-2H3. The number of hydrogen-bond acceptors (Lipinski definition) is 2. The molecule has 0 spiro atoms. The van der Waals surface area contributed by atoms with E-state index in [1.54, 1.807) is 0 Å². The van der Waals surface area contributed by atoms with Crippen molar-refractivity contribution in [2.45, 2.75) is 19.3 Å². The lowest BCUT2D eigenvalue weighted by Crippen LogP contribution is -2.43. The number of nitrogens with zero attached hydrogens (tertiary/aromatic N) is 1. The van der Waals surface area contributed by atoms with Crippen molar-refractivity contribution in [3.8, 4) is 0 Å². The zero-order valence-corrected chi connectivity index (χ0v) is 11.7. The minimum atomic E-state index is -0.423. The number of carbonyl (C=O) groups excluding carboxylic acids is 1. The van der Waals surface area contributed by atoms with Gasteiger partial charge in [0.1, 0.15) is 0 Å². The summed E-state index contributed by atoms with van der Waals surface area (Å²) in [6.07, 6.45) is 0. The molecule has 3 rings (SSSR count). The number of likely N-dealkylation sites (tertiary alicyclic amines) is 1. The quantitative estimate of drug-likeness (QED) is 0.874. The number of fused-ring (bicyclic) bond motifs is 1. The van der Waals surface area contributed by atoms with Crippen molar-refractivity contribution in [3.63, 3.8) is 0 Å². The Kier molecular flexibility index (Phi) is 3.09. The van der Waals surface area contributed by atoms with Crippen LogP contribution in [-0.4, -0.2) is 37.0 Å². The van der Waals surface area contributed by atoms with Crippen LogP contribution in [0.15, 0.2) is 30.3 Å². The minimum absolute atomic E-state index is 0.271. The molecule has 19 heavy (non-hydrogen) atoms. The van der Waals surface area contributed by atoms with Gasteiger partial charge in [-0.05, 0) is 31.2 Å². The molecule has 1 N–H and O–H groups in total. The molecular weight excluding hydrogens is 236 g/mol. The van der Waals surface area contributed by atoms with E-state index >= 15 is 0 Å². The lowest BCUT2D eigenvalue weighted by molar-refractivity contribution is -0.135. The molecule has 2 heterocycles. The van der Waals surface area contributed by atoms with Gasteiger partial charge in [-0.3, -0.25) is 4.79 Å². The highest BCUT2D eigenvalue weighted by atomic mass is 16.2. The molecule has 2 aliphatic heterocycles. The molecule has 0 aliphatic carbocycles. The number of nitrogens with one attached hydrogen (secondary N) is 1. The monoisotopic (exact) mass is 258 g/mol. The third-order valence-electron chi connectivity index (χ3n) is 4.71. The van der Waals surface area contributed by atoms with Crippen LogP contribution in [0.1, 0.15) is 19.4 Å². The maximum atomic E-state index is 12.8. The number of amides is 1. The van der Waals surface area contributed by atoms with Crippen LogP contribution in [0.25, 0.3) is 0 Å². The Morgan fingerprint density at radius 2 is 1.74 bits per heavy atom. The van der Waals surface area contributed by atoms with Gasteiger partial charge < -0.3 is 10.2 Å². The molecule has 1 aromatic rings. The van der Waals surface area contributed by atoms with Crippen molar-refractivity contribution < 1.29 is 4.79 Å². The van der Waals surface area contributed by atoms with Crippen molar-refractivity contribution in [2.75, 3.05) is 26.2 Å². The normalized spacial score (nSPS) is 26.5. The molecule has 2 saturated heterocycles. The Morgan fingerprint density at radius 3 is 2.32 bits per heavy atom. The summed E-state index contributed by atoms with van der Waals surface area (Å²) in [5.74, 6) is 1.60. The van der Waals surface area contributed by atoms with Crippen LogP contribution >= 0.6 is 0 Å². The first-order valence-electron chi connectivity index (χ1n) is 7.14. The molecule has 3 nitrogen and oxygen atoms in total. The Balaban J connectivity index is 1.77. The number of carbonyl (C=O) groups is 1. The fraction of sp³-hybridized carbons (Fsp3) is 0.562. The molecule has 3 heteroatoms. The number of rotatable bonds is 2. The predicted molar refractivity (Wildman–Crippen MR) is 75.9 cm³/mol. The van der Waals surface area contributed by atoms with E-state index in [0.29, 0.717) is 11.8 Å². The van der Waals surface area contributed by atoms with E-state index in [4.69, 9.17) is 0 Å². The summed E-state index contributed by atoms with van der Waals surface area (Å²) in [6.45, 7) is 8.06. The summed E-state index contributed by atoms with van der Waals surface area (Å²) in [7, 11) is 0. The summed E-state index contributed by atoms with van der Waals surface area (Å²) < 4.78 is 0. The maximum Gasteiger partial charge on any atom is 0.232 e. The fourth-order valence-electron chi connectivity index (χ4n) is 3.39. The average Bonchev–Trinajstić information content (AvgIpc) is 2.99. The third-order valence-corrected chi connectivity index (χ3v) is 4.71. The predicted octanol–water partition coefficient (Wildman–Crippen LogP) is 1.64. The van der Waals surface area contributed by atoms with Crippen molar-refractivity contribution in [1.82, 2.24) is 10.2 Å². The van der Waals surface area contributed by atoms with Gasteiger partial charge in [0.05, 0.1) is 5.41 Å². The second-order valence-electron chi connectivity index (χ2n) is 6.38. The van der Waals surface area contributed by atoms with Gasteiger partial charge in [-0.25, -0.2) is 0 Å². The SMILES string of the molecule is CC(C)(C(=O)N1CC2CNCC2C1)c1ccccc1. The van der Waals surface area contributed by atoms with Crippen LogP contribution in [0.4, 0.5) is 0 Å². The molecule has 102 valence electrons. The van der Waals surface area contributed by atoms with Gasteiger partial charge in [-0.2, -0.15) is 0 Å². The van der Waals surface area contributed by atoms with Crippen LogP contribution in [0.2, 0.25) is 0 Å². The van der Waals surface area contributed by atoms with Crippen LogP contribution in [0.3, 0.4) is 0 Å². The zero-order valence-electron chi connectivity index (χ0n) is 11.7. The molecule has 0 radical (unpaired) electrons. The number of hydrogen-bond donors (Lipinski definition) is 1. The zero-order chi connectivity index (χ0) is 13.5. The van der Waals surface area contributed by atoms with Gasteiger partial charge in [-0.15, -0.1) is 0 Å². The van der Waals surface area contributed by atoms with E-state index in [9.17, 15) is 4.79 Å². The smallest absolute Gasteiger partial charge is 0.232 e. The Hall–Kier alpha value is -1.35. The van der Waals surface area contributed by atoms with Gasteiger partial charge in [0.25, 0.3) is 0 Å². The first-order chi connectivity index (χ1) is 9.09. The van der Waals surface area contributed by atoms with Crippen molar-refractivity contribution >= 4 is 5.91 Å². The second kappa shape index (κ2) is 4.64. The molecule has 2 unspecified atom stereocenters. The first kappa shape index (κ1) is 12.7. The third kappa shape index (κ3) is 2.16. The molecule has 2 fully saturated rings. The van der Waals surface area contributed by atoms with E-state index < -0.39 is 5.41 Å². The van der Waals surface area contributed by atoms with Crippen LogP contribution in [0, 0.1) is 11.8 Å². The molecular formula is C16H22N2O. The van der Waals surface area contributed by atoms with Crippen LogP contribution in [-0.2, 0) is 10.2 Å². The minimum Gasteiger partial charge on any atom is -0.341 e. The highest BCUT2D eigenvalue weighted by Gasteiger charge is 2.42. The molecule has 2 aliphatic rings. The van der Waals surface area contributed by atoms with Crippen LogP contribution in [0.5, 0.6) is 0 Å². The summed E-state index contributed by atoms with van der Waals surface area (Å²) >= 11 is 0. The lowest BCUT2D eigenvalue weighted by Gasteiger charge is -2.30. The molecule has 0 aromatic heterocycles. The lowest BCUT2D eigenvalue weighted by atomic mass is 9.83. The Labute approximate surface area is 115 Å². The van der Waals surface area contributed by atoms with Gasteiger partial charge in [-0.1, -0.05) is 30.3 Å². The van der Waals surface area contributed by atoms with Crippen molar-refractivity contribution in [3.05, 3.63) is 35.9 Å². The molecule has 1 amide bonds. The Bertz CT molecular complexity index is 457. The summed E-state index contributed by atoms with van der Waals surface area (Å²) in [4.78, 5) is 14.9. The Morgan fingerprint density at radius 1 is 1.16 bits per heavy atom. The van der Waals surface area contributed by atoms with E-state index in [1.807, 2.05) is 32.0 Å². The summed E-state index contributed by atoms with van der Waals surface area (Å²) in [5, 5.41) is 3.42. The molecule has 0 saturated carbocycles. The molecule has 2 atom stereocenters. The van der Waals surface area contributed by atoms with E-state index in [-0.39, 0.29) is 5.91 Å². The maximum absolute atomic E-state index is 12.8. The largest absolute Gasteiger partial charge is 0.341 e. The van der Waals surface area contributed by atoms with Crippen LogP contribution < -0.4 is 5.32 Å². The topological polar surface area (TPSA) is 32.3 Å². The van der Waals surface area contributed by atoms with E-state index in [1.165, 1.54) is 0 Å². The van der Waals surface area contributed by atoms with Gasteiger partial charge in [0.2, 0.25) is 5.91 Å². The van der Waals surface area contributed by atoms with E-state index in [0.717, 1.165) is 31.7 Å². The number of benzene rings is 1. The molecule has 0 bridgehead atoms. The summed E-state index contributed by atoms with van der Waals surface area (Å²) in [6, 6.07) is 10.1. The average molecular weight is 258 g/mol. The highest BCUT2D eigenvalue weighted by molar-refractivity contribution is 5.87. The van der Waals surface area contributed by atoms with Crippen molar-refractivity contribution in [1.29, 1.82) is 0 Å². The van der Waals surface area contributed by atoms with Gasteiger partial charge in [0.15, 0.2) is 0 Å².